The van der Waals surface area contributed by atoms with Gasteiger partial charge in [0.25, 0.3) is 10.2 Å². The Labute approximate surface area is 305 Å². The van der Waals surface area contributed by atoms with Crippen molar-refractivity contribution in [1.29, 1.82) is 0 Å². The van der Waals surface area contributed by atoms with Crippen LogP contribution in [-0.2, 0) is 10.2 Å². The zero-order valence-corrected chi connectivity index (χ0v) is 32.1. The molecule has 51 heavy (non-hydrogen) atoms. The van der Waals surface area contributed by atoms with Gasteiger partial charge in [-0.1, -0.05) is 50.3 Å². The largest absolute Gasteiger partial charge is 0.382 e. The van der Waals surface area contributed by atoms with E-state index in [9.17, 15) is 8.42 Å². The minimum Gasteiger partial charge on any atom is -0.382 e. The second kappa shape index (κ2) is 13.9. The molecule has 6 aliphatic rings. The van der Waals surface area contributed by atoms with E-state index >= 15 is 0 Å². The van der Waals surface area contributed by atoms with Crippen LogP contribution in [0, 0.1) is 0 Å². The molecule has 2 aliphatic carbocycles. The predicted octanol–water partition coefficient (Wildman–Crippen LogP) is 4.88. The normalized spacial score (nSPS) is 31.0. The van der Waals surface area contributed by atoms with E-state index in [1.165, 1.54) is 53.4 Å². The van der Waals surface area contributed by atoms with E-state index in [1.807, 2.05) is 0 Å². The zero-order chi connectivity index (χ0) is 35.6. The Morgan fingerprint density at radius 3 is 1.57 bits per heavy atom. The van der Waals surface area contributed by atoms with Gasteiger partial charge in [0.15, 0.2) is 0 Å². The quantitative estimate of drug-likeness (QED) is 0.231. The molecular formula is C40H58N8O2S. The van der Waals surface area contributed by atoms with Crippen LogP contribution in [0.2, 0.25) is 0 Å². The highest BCUT2D eigenvalue weighted by Gasteiger charge is 2.45. The average Bonchev–Trinajstić information content (AvgIpc) is 3.62. The summed E-state index contributed by atoms with van der Waals surface area (Å²) in [6.45, 7) is 13.4. The number of rotatable bonds is 12. The molecule has 0 saturated carbocycles. The zero-order valence-electron chi connectivity index (χ0n) is 31.3. The molecule has 4 heterocycles. The Kier molecular flexibility index (Phi) is 9.61. The highest BCUT2D eigenvalue weighted by Crippen LogP contribution is 2.52. The summed E-state index contributed by atoms with van der Waals surface area (Å²) < 4.78 is 30.5. The molecule has 0 aromatic heterocycles. The first-order valence-corrected chi connectivity index (χ1v) is 20.8. The van der Waals surface area contributed by atoms with Crippen LogP contribution in [0.4, 0.5) is 11.4 Å². The number of nitrogens with zero attached hydrogens (tertiary/aromatic N) is 4. The molecular weight excluding hydrogens is 657 g/mol. The number of nitrogens with one attached hydrogen (secondary N) is 4. The van der Waals surface area contributed by atoms with Gasteiger partial charge in [0, 0.05) is 86.6 Å². The number of hydrogen-bond acceptors (Lipinski definition) is 8. The van der Waals surface area contributed by atoms with E-state index in [1.54, 1.807) is 14.1 Å². The Hall–Kier alpha value is -2.77. The first kappa shape index (κ1) is 35.3. The number of fused-ring (bicyclic) bond motifs is 4. The van der Waals surface area contributed by atoms with E-state index in [4.69, 9.17) is 0 Å². The summed E-state index contributed by atoms with van der Waals surface area (Å²) in [5.41, 5.74) is 11.0. The molecule has 0 bridgehead atoms. The van der Waals surface area contributed by atoms with E-state index in [-0.39, 0.29) is 25.4 Å². The first-order chi connectivity index (χ1) is 24.6. The second-order valence-electron chi connectivity index (χ2n) is 16.0. The molecule has 0 saturated heterocycles. The van der Waals surface area contributed by atoms with Crippen molar-refractivity contribution in [3.8, 4) is 0 Å². The molecule has 8 rings (SSSR count). The first-order valence-electron chi connectivity index (χ1n) is 19.4. The van der Waals surface area contributed by atoms with Gasteiger partial charge in [-0.25, -0.2) is 0 Å². The molecule has 10 nitrogen and oxygen atoms in total. The summed E-state index contributed by atoms with van der Waals surface area (Å²) in [4.78, 5) is 5.24. The van der Waals surface area contributed by atoms with E-state index in [2.05, 4.69) is 107 Å². The summed E-state index contributed by atoms with van der Waals surface area (Å²) >= 11 is 0. The van der Waals surface area contributed by atoms with Gasteiger partial charge in [-0.3, -0.25) is 20.4 Å². The molecule has 11 heteroatoms. The second-order valence-corrected chi connectivity index (χ2v) is 18.1. The van der Waals surface area contributed by atoms with Crippen molar-refractivity contribution in [2.24, 2.45) is 0 Å². The fraction of sp³-hybridized carbons (Fsp3) is 0.600. The lowest BCUT2D eigenvalue weighted by Gasteiger charge is -2.45. The van der Waals surface area contributed by atoms with Crippen LogP contribution in [0.5, 0.6) is 0 Å². The Morgan fingerprint density at radius 2 is 1.16 bits per heavy atom. The van der Waals surface area contributed by atoms with Crippen molar-refractivity contribution >= 4 is 32.7 Å². The predicted molar refractivity (Wildman–Crippen MR) is 209 cm³/mol. The van der Waals surface area contributed by atoms with Crippen LogP contribution in [0.1, 0.15) is 87.5 Å². The molecule has 2 unspecified atom stereocenters. The van der Waals surface area contributed by atoms with E-state index in [0.29, 0.717) is 36.0 Å². The minimum absolute atomic E-state index is 0.0575. The highest BCUT2D eigenvalue weighted by molar-refractivity contribution is 7.86. The molecule has 0 spiro atoms. The van der Waals surface area contributed by atoms with Crippen LogP contribution >= 0.6 is 0 Å². The lowest BCUT2D eigenvalue weighted by Crippen LogP contribution is -2.55. The van der Waals surface area contributed by atoms with Crippen molar-refractivity contribution in [2.45, 2.75) is 101 Å². The lowest BCUT2D eigenvalue weighted by atomic mass is 9.73. The van der Waals surface area contributed by atoms with Gasteiger partial charge in [-0.15, -0.1) is 0 Å². The molecule has 4 N–H and O–H groups in total. The van der Waals surface area contributed by atoms with Gasteiger partial charge in [-0.05, 0) is 98.2 Å². The van der Waals surface area contributed by atoms with Crippen LogP contribution in [-0.4, -0.2) is 117 Å². The molecule has 276 valence electrons. The summed E-state index contributed by atoms with van der Waals surface area (Å²) in [6, 6.07) is 15.1. The third-order valence-corrected chi connectivity index (χ3v) is 14.5. The molecule has 4 aliphatic heterocycles. The van der Waals surface area contributed by atoms with Crippen molar-refractivity contribution in [2.75, 3.05) is 64.2 Å². The fourth-order valence-electron chi connectivity index (χ4n) is 10.2. The Morgan fingerprint density at radius 1 is 0.725 bits per heavy atom. The number of benzene rings is 2. The standard InChI is InChI=1S/C40H58N8O2S/c1-7-15-47-21-27(17-33-29-11-9-13-35-39(29)31(19-37(33)47)25(3)43-35)41-23-45(5)51(49,50)46(6)24-42-28-18-34-30-12-10-14-36-40(30)32(26(4)44-36)20-38(34)48(22-28)16-8-2/h9-14,17-18,25-28,31-32,37-38,41-44H,7-8,15-16,19-24H2,1-6H3/t25?,26?,27-,28-,31+,32+,37+,38+/m0/s1. The van der Waals surface area contributed by atoms with E-state index < -0.39 is 10.2 Å². The van der Waals surface area contributed by atoms with Crippen LogP contribution in [0.25, 0.3) is 11.1 Å². The maximum absolute atomic E-state index is 13.8. The monoisotopic (exact) mass is 714 g/mol. The van der Waals surface area contributed by atoms with Crippen molar-refractivity contribution in [3.63, 3.8) is 0 Å². The van der Waals surface area contributed by atoms with Gasteiger partial charge in [-0.2, -0.15) is 17.0 Å². The highest BCUT2D eigenvalue weighted by atomic mass is 32.2. The van der Waals surface area contributed by atoms with Crippen LogP contribution in [0.15, 0.2) is 48.6 Å². The summed E-state index contributed by atoms with van der Waals surface area (Å²) in [6.07, 6.45) is 9.20. The summed E-state index contributed by atoms with van der Waals surface area (Å²) in [5.74, 6) is 1.05. The number of anilines is 2. The Balaban J connectivity index is 0.942. The molecule has 0 radical (unpaired) electrons. The Bertz CT molecular complexity index is 1690. The van der Waals surface area contributed by atoms with Crippen molar-refractivity contribution in [3.05, 3.63) is 70.8 Å². The average molecular weight is 715 g/mol. The lowest BCUT2D eigenvalue weighted by molar-refractivity contribution is 0.185. The third-order valence-electron chi connectivity index (χ3n) is 12.7. The van der Waals surface area contributed by atoms with Gasteiger partial charge >= 0.3 is 0 Å². The van der Waals surface area contributed by atoms with Crippen molar-refractivity contribution in [1.82, 2.24) is 29.0 Å². The van der Waals surface area contributed by atoms with E-state index in [0.717, 1.165) is 51.9 Å². The molecule has 2 aromatic rings. The molecule has 2 aromatic carbocycles. The maximum Gasteiger partial charge on any atom is 0.283 e. The van der Waals surface area contributed by atoms with Crippen LogP contribution < -0.4 is 21.3 Å². The topological polar surface area (TPSA) is 95.2 Å². The van der Waals surface area contributed by atoms with Crippen LogP contribution in [0.3, 0.4) is 0 Å². The van der Waals surface area contributed by atoms with Gasteiger partial charge in [0.05, 0.1) is 13.3 Å². The maximum atomic E-state index is 13.8. The minimum atomic E-state index is -3.70. The third kappa shape index (κ3) is 6.16. The molecule has 8 atom stereocenters. The summed E-state index contributed by atoms with van der Waals surface area (Å²) in [7, 11) is -0.329. The van der Waals surface area contributed by atoms with Gasteiger partial charge in [0.1, 0.15) is 0 Å². The fourth-order valence-corrected chi connectivity index (χ4v) is 11.2. The molecule has 0 amide bonds. The number of hydrogen-bond donors (Lipinski definition) is 4. The van der Waals surface area contributed by atoms with Gasteiger partial charge < -0.3 is 10.6 Å². The summed E-state index contributed by atoms with van der Waals surface area (Å²) in [5, 5.41) is 14.7. The molecule has 0 fully saturated rings. The van der Waals surface area contributed by atoms with Crippen molar-refractivity contribution < 1.29 is 8.42 Å². The smallest absolute Gasteiger partial charge is 0.283 e. The van der Waals surface area contributed by atoms with Gasteiger partial charge in [0.2, 0.25) is 0 Å². The SMILES string of the molecule is CCCN1C[C@@H](NCN(C)S(=O)(=O)N(C)CN[C@H]2C=C3c4cccc5c4[C@H](C[C@H]3N(CCC)C2)C(C)N5)C=C2c3cccc4c3[C@H](C[C@H]21)C(C)N4.